The van der Waals surface area contributed by atoms with E-state index in [1.165, 1.54) is 24.3 Å². The molecule has 0 saturated heterocycles. The standard InChI is InChI=1S/C18H34O4Si2/c1-17(2,3)23(7,8)21-15(19)13-11-12-14-16(20)22-24(9,10)18(4,5)6/h11-14H,1-10H3/b13-11+,14-12+. The van der Waals surface area contributed by atoms with Crippen LogP contribution in [0.2, 0.25) is 36.3 Å². The van der Waals surface area contributed by atoms with Gasteiger partial charge in [0.25, 0.3) is 16.6 Å². The molecule has 24 heavy (non-hydrogen) atoms. The summed E-state index contributed by atoms with van der Waals surface area (Å²) in [5.41, 5.74) is 0. The quantitative estimate of drug-likeness (QED) is 0.379. The third kappa shape index (κ3) is 7.17. The van der Waals surface area contributed by atoms with Crippen molar-refractivity contribution >= 4 is 28.6 Å². The van der Waals surface area contributed by atoms with E-state index in [1.807, 2.05) is 26.2 Å². The largest absolute Gasteiger partial charge is 0.516 e. The summed E-state index contributed by atoms with van der Waals surface area (Å²) in [6.07, 6.45) is 5.72. The van der Waals surface area contributed by atoms with Gasteiger partial charge in [-0.1, -0.05) is 53.7 Å². The number of hydrogen-bond acceptors (Lipinski definition) is 4. The fraction of sp³-hybridized carbons (Fsp3) is 0.667. The lowest BCUT2D eigenvalue weighted by Crippen LogP contribution is -2.42. The highest BCUT2D eigenvalue weighted by Crippen LogP contribution is 2.37. The highest BCUT2D eigenvalue weighted by atomic mass is 28.4. The van der Waals surface area contributed by atoms with Crippen LogP contribution in [0.1, 0.15) is 41.5 Å². The zero-order chi connectivity index (χ0) is 19.4. The molecule has 0 aromatic carbocycles. The van der Waals surface area contributed by atoms with Crippen molar-refractivity contribution in [2.24, 2.45) is 0 Å². The fourth-order valence-corrected chi connectivity index (χ4v) is 2.90. The maximum atomic E-state index is 11.9. The van der Waals surface area contributed by atoms with Crippen LogP contribution in [0.25, 0.3) is 0 Å². The normalized spacial score (nSPS) is 14.2. The monoisotopic (exact) mass is 370 g/mol. The van der Waals surface area contributed by atoms with E-state index < -0.39 is 16.6 Å². The van der Waals surface area contributed by atoms with Gasteiger partial charge >= 0.3 is 11.9 Å². The zero-order valence-corrected chi connectivity index (χ0v) is 18.9. The Bertz CT molecular complexity index is 470. The summed E-state index contributed by atoms with van der Waals surface area (Å²) in [6, 6.07) is 0. The summed E-state index contributed by atoms with van der Waals surface area (Å²) in [5.74, 6) is -0.743. The molecule has 0 aliphatic heterocycles. The van der Waals surface area contributed by atoms with Gasteiger partial charge in [0.1, 0.15) is 0 Å². The maximum absolute atomic E-state index is 11.9. The van der Waals surface area contributed by atoms with Crippen LogP contribution in [0.4, 0.5) is 0 Å². The lowest BCUT2D eigenvalue weighted by molar-refractivity contribution is -0.131. The molecule has 0 spiro atoms. The van der Waals surface area contributed by atoms with Crippen molar-refractivity contribution in [1.82, 2.24) is 0 Å². The van der Waals surface area contributed by atoms with Crippen LogP contribution in [-0.4, -0.2) is 28.6 Å². The first-order chi connectivity index (χ1) is 10.5. The smallest absolute Gasteiger partial charge is 0.317 e. The Hall–Kier alpha value is -1.15. The van der Waals surface area contributed by atoms with E-state index in [-0.39, 0.29) is 22.0 Å². The van der Waals surface area contributed by atoms with Crippen LogP contribution in [0.3, 0.4) is 0 Å². The summed E-state index contributed by atoms with van der Waals surface area (Å²) in [4.78, 5) is 23.8. The zero-order valence-electron chi connectivity index (χ0n) is 16.9. The minimum absolute atomic E-state index is 0.0285. The second-order valence-electron chi connectivity index (χ2n) is 9.08. The summed E-state index contributed by atoms with van der Waals surface area (Å²) < 4.78 is 11.2. The molecule has 0 fully saturated rings. The molecule has 6 heteroatoms. The highest BCUT2D eigenvalue weighted by Gasteiger charge is 2.40. The van der Waals surface area contributed by atoms with Crippen molar-refractivity contribution in [3.05, 3.63) is 24.3 Å². The topological polar surface area (TPSA) is 52.6 Å². The molecule has 0 amide bonds. The molecule has 0 radical (unpaired) electrons. The van der Waals surface area contributed by atoms with Crippen LogP contribution in [0, 0.1) is 0 Å². The third-order valence-corrected chi connectivity index (χ3v) is 13.5. The van der Waals surface area contributed by atoms with Crippen LogP contribution in [0.15, 0.2) is 24.3 Å². The van der Waals surface area contributed by atoms with Crippen molar-refractivity contribution in [1.29, 1.82) is 0 Å². The minimum atomic E-state index is -2.11. The van der Waals surface area contributed by atoms with Gasteiger partial charge in [-0.2, -0.15) is 0 Å². The van der Waals surface area contributed by atoms with Crippen molar-refractivity contribution in [2.75, 3.05) is 0 Å². The molecule has 0 bridgehead atoms. The van der Waals surface area contributed by atoms with E-state index in [0.717, 1.165) is 0 Å². The summed E-state index contributed by atoms with van der Waals surface area (Å²) >= 11 is 0. The van der Waals surface area contributed by atoms with Gasteiger partial charge in [0.05, 0.1) is 0 Å². The summed E-state index contributed by atoms with van der Waals surface area (Å²) in [7, 11) is -4.23. The van der Waals surface area contributed by atoms with Crippen LogP contribution in [0.5, 0.6) is 0 Å². The van der Waals surface area contributed by atoms with E-state index in [0.29, 0.717) is 0 Å². The van der Waals surface area contributed by atoms with E-state index in [9.17, 15) is 9.59 Å². The third-order valence-electron chi connectivity index (χ3n) is 4.90. The molecular weight excluding hydrogens is 336 g/mol. The average Bonchev–Trinajstić information content (AvgIpc) is 2.30. The first-order valence-electron chi connectivity index (χ1n) is 8.30. The van der Waals surface area contributed by atoms with Gasteiger partial charge in [-0.05, 0) is 36.3 Å². The van der Waals surface area contributed by atoms with Crippen molar-refractivity contribution in [3.8, 4) is 0 Å². The minimum Gasteiger partial charge on any atom is -0.516 e. The molecule has 0 unspecified atom stereocenters. The van der Waals surface area contributed by atoms with Gasteiger partial charge in [0.15, 0.2) is 0 Å². The summed E-state index contributed by atoms with van der Waals surface area (Å²) in [6.45, 7) is 20.5. The van der Waals surface area contributed by atoms with E-state index in [4.69, 9.17) is 8.85 Å². The Labute approximate surface area is 149 Å². The van der Waals surface area contributed by atoms with Crippen LogP contribution < -0.4 is 0 Å². The molecule has 0 aromatic rings. The number of allylic oxidation sites excluding steroid dienone is 2. The molecule has 0 N–H and O–H groups in total. The van der Waals surface area contributed by atoms with Crippen LogP contribution >= 0.6 is 0 Å². The highest BCUT2D eigenvalue weighted by molar-refractivity contribution is 6.76. The molecule has 138 valence electrons. The Morgan fingerprint density at radius 2 is 0.917 bits per heavy atom. The number of carbonyl (C=O) groups is 2. The second-order valence-corrected chi connectivity index (χ2v) is 18.5. The van der Waals surface area contributed by atoms with Gasteiger partial charge in [0, 0.05) is 12.2 Å². The predicted molar refractivity (Wildman–Crippen MR) is 105 cm³/mol. The first-order valence-corrected chi connectivity index (χ1v) is 14.1. The van der Waals surface area contributed by atoms with Crippen molar-refractivity contribution < 1.29 is 18.4 Å². The predicted octanol–water partition coefficient (Wildman–Crippen LogP) is 5.20. The lowest BCUT2D eigenvalue weighted by Gasteiger charge is -2.35. The Kier molecular flexibility index (Phi) is 7.45. The van der Waals surface area contributed by atoms with Crippen molar-refractivity contribution in [3.63, 3.8) is 0 Å². The van der Waals surface area contributed by atoms with Gasteiger partial charge in [-0.25, -0.2) is 9.59 Å². The van der Waals surface area contributed by atoms with Crippen molar-refractivity contribution in [2.45, 2.75) is 77.8 Å². The summed E-state index contributed by atoms with van der Waals surface area (Å²) in [5, 5.41) is -0.0569. The van der Waals surface area contributed by atoms with E-state index in [1.54, 1.807) is 0 Å². The van der Waals surface area contributed by atoms with Gasteiger partial charge in [0.2, 0.25) is 0 Å². The molecule has 0 aromatic heterocycles. The maximum Gasteiger partial charge on any atom is 0.317 e. The van der Waals surface area contributed by atoms with Gasteiger partial charge in [-0.15, -0.1) is 0 Å². The van der Waals surface area contributed by atoms with Crippen LogP contribution in [-0.2, 0) is 18.4 Å². The number of carbonyl (C=O) groups excluding carboxylic acids is 2. The molecule has 0 aliphatic rings. The van der Waals surface area contributed by atoms with Gasteiger partial charge < -0.3 is 8.85 Å². The number of hydrogen-bond donors (Lipinski definition) is 0. The molecule has 0 aliphatic carbocycles. The van der Waals surface area contributed by atoms with Gasteiger partial charge in [-0.3, -0.25) is 0 Å². The van der Waals surface area contributed by atoms with E-state index in [2.05, 4.69) is 41.5 Å². The fourth-order valence-electron chi connectivity index (χ4n) is 1.15. The molecule has 0 atom stereocenters. The SMILES string of the molecule is CC(C)(C)[Si](C)(C)OC(=O)/C=C/C=C/C(=O)O[Si](C)(C)C(C)(C)C. The number of rotatable bonds is 5. The molecule has 0 heterocycles. The molecular formula is C18H34O4Si2. The Morgan fingerprint density at radius 1 is 0.667 bits per heavy atom. The Balaban J connectivity index is 4.64. The first kappa shape index (κ1) is 22.9. The van der Waals surface area contributed by atoms with E-state index >= 15 is 0 Å². The molecule has 4 nitrogen and oxygen atoms in total. The average molecular weight is 371 g/mol. The Morgan fingerprint density at radius 3 is 1.12 bits per heavy atom. The lowest BCUT2D eigenvalue weighted by atomic mass is 10.2. The second kappa shape index (κ2) is 7.82. The molecule has 0 saturated carbocycles. The molecule has 0 rings (SSSR count).